The molecule has 2 fully saturated rings. The third-order valence-corrected chi connectivity index (χ3v) is 7.10. The van der Waals surface area contributed by atoms with Crippen molar-refractivity contribution in [3.8, 4) is 0 Å². The van der Waals surface area contributed by atoms with Crippen LogP contribution in [0.3, 0.4) is 0 Å². The molecular formula is C24H28F3N7O2. The van der Waals surface area contributed by atoms with Gasteiger partial charge in [-0.05, 0) is 38.0 Å². The van der Waals surface area contributed by atoms with Gasteiger partial charge in [-0.25, -0.2) is 23.1 Å². The number of ether oxygens (including phenoxy) is 1. The quantitative estimate of drug-likeness (QED) is 0.464. The lowest BCUT2D eigenvalue weighted by molar-refractivity contribution is -0.122. The first-order valence-electron chi connectivity index (χ1n) is 12.1. The number of imidazole rings is 1. The van der Waals surface area contributed by atoms with E-state index >= 15 is 0 Å². The molecule has 2 aliphatic rings. The van der Waals surface area contributed by atoms with Crippen LogP contribution in [0.15, 0.2) is 18.3 Å². The Balaban J connectivity index is 1.53. The molecule has 36 heavy (non-hydrogen) atoms. The molecule has 1 amide bonds. The van der Waals surface area contributed by atoms with Crippen molar-refractivity contribution in [1.82, 2.24) is 19.5 Å². The summed E-state index contributed by atoms with van der Waals surface area (Å²) >= 11 is 0. The van der Waals surface area contributed by atoms with Crippen LogP contribution in [-0.2, 0) is 9.53 Å². The summed E-state index contributed by atoms with van der Waals surface area (Å²) in [6.07, 6.45) is 4.73. The van der Waals surface area contributed by atoms with Gasteiger partial charge in [0.1, 0.15) is 17.0 Å². The second kappa shape index (κ2) is 9.92. The second-order valence-corrected chi connectivity index (χ2v) is 9.58. The SMILES string of the molecule is C[C@H]1COCC[C@H]1Nc1ncc2nc(Nc3c(F)cc(F)cc3F)n([C@H]3CC[C@H](C(N)=O)CC3)c2n1. The number of hydrogen-bond acceptors (Lipinski definition) is 7. The van der Waals surface area contributed by atoms with Crippen molar-refractivity contribution >= 4 is 34.7 Å². The molecule has 1 saturated heterocycles. The number of carbonyl (C=O) groups excluding carboxylic acids is 1. The molecule has 3 aromatic rings. The Morgan fingerprint density at radius 1 is 1.11 bits per heavy atom. The third kappa shape index (κ3) is 4.81. The number of primary amides is 1. The van der Waals surface area contributed by atoms with Crippen LogP contribution in [0.4, 0.5) is 30.8 Å². The molecule has 0 bridgehead atoms. The summed E-state index contributed by atoms with van der Waals surface area (Å²) in [5.41, 5.74) is 5.90. The molecule has 2 atom stereocenters. The molecule has 3 heterocycles. The number of aromatic nitrogens is 4. The first kappa shape index (κ1) is 24.3. The molecule has 192 valence electrons. The van der Waals surface area contributed by atoms with Crippen LogP contribution in [0.1, 0.15) is 45.1 Å². The number of nitrogens with zero attached hydrogens (tertiary/aromatic N) is 4. The molecule has 1 aliphatic carbocycles. The van der Waals surface area contributed by atoms with Crippen molar-refractivity contribution in [2.75, 3.05) is 23.8 Å². The van der Waals surface area contributed by atoms with Crippen molar-refractivity contribution in [3.05, 3.63) is 35.8 Å². The topological polar surface area (TPSA) is 120 Å². The molecule has 4 N–H and O–H groups in total. The molecule has 0 unspecified atom stereocenters. The van der Waals surface area contributed by atoms with E-state index in [0.29, 0.717) is 68.1 Å². The fourth-order valence-corrected chi connectivity index (χ4v) is 5.05. The first-order chi connectivity index (χ1) is 17.3. The predicted molar refractivity (Wildman–Crippen MR) is 127 cm³/mol. The van der Waals surface area contributed by atoms with Gasteiger partial charge in [-0.1, -0.05) is 6.92 Å². The smallest absolute Gasteiger partial charge is 0.224 e. The maximum absolute atomic E-state index is 14.4. The summed E-state index contributed by atoms with van der Waals surface area (Å²) in [7, 11) is 0. The summed E-state index contributed by atoms with van der Waals surface area (Å²) in [5, 5.41) is 6.08. The lowest BCUT2D eigenvalue weighted by Crippen LogP contribution is -2.36. The van der Waals surface area contributed by atoms with Crippen molar-refractivity contribution < 1.29 is 22.7 Å². The van der Waals surface area contributed by atoms with Crippen LogP contribution in [0.5, 0.6) is 0 Å². The fourth-order valence-electron chi connectivity index (χ4n) is 5.05. The zero-order valence-corrected chi connectivity index (χ0v) is 19.8. The van der Waals surface area contributed by atoms with Gasteiger partial charge < -0.3 is 21.1 Å². The van der Waals surface area contributed by atoms with Crippen molar-refractivity contribution in [3.63, 3.8) is 0 Å². The second-order valence-electron chi connectivity index (χ2n) is 9.58. The number of hydrogen-bond donors (Lipinski definition) is 3. The third-order valence-electron chi connectivity index (χ3n) is 7.10. The van der Waals surface area contributed by atoms with E-state index in [1.54, 1.807) is 10.8 Å². The Labute approximate surface area is 205 Å². The maximum Gasteiger partial charge on any atom is 0.224 e. The monoisotopic (exact) mass is 503 g/mol. The number of nitrogens with two attached hydrogens (primary N) is 1. The fraction of sp³-hybridized carbons (Fsp3) is 0.500. The van der Waals surface area contributed by atoms with E-state index in [-0.39, 0.29) is 35.8 Å². The number of fused-ring (bicyclic) bond motifs is 1. The van der Waals surface area contributed by atoms with Gasteiger partial charge in [-0.3, -0.25) is 9.36 Å². The minimum Gasteiger partial charge on any atom is -0.381 e. The highest BCUT2D eigenvalue weighted by Crippen LogP contribution is 2.37. The van der Waals surface area contributed by atoms with E-state index < -0.39 is 23.1 Å². The van der Waals surface area contributed by atoms with E-state index in [0.717, 1.165) is 6.42 Å². The van der Waals surface area contributed by atoms with Crippen LogP contribution in [0, 0.1) is 29.3 Å². The number of amides is 1. The van der Waals surface area contributed by atoms with Gasteiger partial charge in [-0.2, -0.15) is 4.98 Å². The Kier molecular flexibility index (Phi) is 6.69. The number of rotatable bonds is 6. The molecule has 12 heteroatoms. The van der Waals surface area contributed by atoms with Gasteiger partial charge in [0.15, 0.2) is 17.3 Å². The van der Waals surface area contributed by atoms with Gasteiger partial charge in [0.25, 0.3) is 0 Å². The number of carbonyl (C=O) groups is 1. The Morgan fingerprint density at radius 2 is 1.83 bits per heavy atom. The highest BCUT2D eigenvalue weighted by atomic mass is 19.1. The maximum atomic E-state index is 14.4. The zero-order chi connectivity index (χ0) is 25.4. The number of nitrogens with one attached hydrogen (secondary N) is 2. The van der Waals surface area contributed by atoms with Crippen LogP contribution < -0.4 is 16.4 Å². The van der Waals surface area contributed by atoms with Crippen molar-refractivity contribution in [2.24, 2.45) is 17.6 Å². The minimum atomic E-state index is -1.08. The van der Waals surface area contributed by atoms with Crippen LogP contribution in [0.25, 0.3) is 11.2 Å². The highest BCUT2D eigenvalue weighted by Gasteiger charge is 2.30. The summed E-state index contributed by atoms with van der Waals surface area (Å²) in [4.78, 5) is 25.3. The summed E-state index contributed by atoms with van der Waals surface area (Å²) in [6, 6.07) is 1.20. The number of benzene rings is 1. The molecule has 0 spiro atoms. The summed E-state index contributed by atoms with van der Waals surface area (Å²) in [6.45, 7) is 3.38. The van der Waals surface area contributed by atoms with E-state index in [2.05, 4.69) is 27.5 Å². The molecule has 0 radical (unpaired) electrons. The first-order valence-corrected chi connectivity index (χ1v) is 12.1. The molecule has 5 rings (SSSR count). The Bertz CT molecular complexity index is 1250. The summed E-state index contributed by atoms with van der Waals surface area (Å²) in [5.74, 6) is -2.89. The van der Waals surface area contributed by atoms with E-state index in [1.165, 1.54) is 0 Å². The van der Waals surface area contributed by atoms with Crippen molar-refractivity contribution in [2.45, 2.75) is 51.1 Å². The molecule has 1 aliphatic heterocycles. The predicted octanol–water partition coefficient (Wildman–Crippen LogP) is 4.04. The van der Waals surface area contributed by atoms with Gasteiger partial charge in [0.05, 0.1) is 12.8 Å². The molecule has 1 aromatic carbocycles. The molecule has 1 saturated carbocycles. The molecule has 9 nitrogen and oxygen atoms in total. The van der Waals surface area contributed by atoms with E-state index in [1.807, 2.05) is 0 Å². The lowest BCUT2D eigenvalue weighted by Gasteiger charge is -2.30. The highest BCUT2D eigenvalue weighted by molar-refractivity contribution is 5.78. The Hall–Kier alpha value is -3.41. The van der Waals surface area contributed by atoms with Crippen LogP contribution in [-0.4, -0.2) is 44.7 Å². The van der Waals surface area contributed by atoms with Crippen molar-refractivity contribution in [1.29, 1.82) is 0 Å². The van der Waals surface area contributed by atoms with Crippen LogP contribution in [0.2, 0.25) is 0 Å². The van der Waals surface area contributed by atoms with Gasteiger partial charge >= 0.3 is 0 Å². The Morgan fingerprint density at radius 3 is 2.50 bits per heavy atom. The summed E-state index contributed by atoms with van der Waals surface area (Å²) < 4.78 is 49.6. The van der Waals surface area contributed by atoms with E-state index in [9.17, 15) is 18.0 Å². The molecule has 2 aromatic heterocycles. The van der Waals surface area contributed by atoms with Gasteiger partial charge in [-0.15, -0.1) is 0 Å². The minimum absolute atomic E-state index is 0.138. The lowest BCUT2D eigenvalue weighted by atomic mass is 9.85. The number of halogens is 3. The largest absolute Gasteiger partial charge is 0.381 e. The van der Waals surface area contributed by atoms with Gasteiger partial charge in [0, 0.05) is 36.7 Å². The normalized spacial score (nSPS) is 24.6. The van der Waals surface area contributed by atoms with Gasteiger partial charge in [0.2, 0.25) is 17.8 Å². The van der Waals surface area contributed by atoms with Crippen LogP contribution >= 0.6 is 0 Å². The average Bonchev–Trinajstić information content (AvgIpc) is 3.20. The average molecular weight is 504 g/mol. The standard InChI is InChI=1S/C24H28F3N7O2/c1-12-11-36-7-6-18(12)30-23-29-10-19-22(33-23)34(15-4-2-13(3-5-15)21(28)35)24(31-19)32-20-16(26)8-14(25)9-17(20)27/h8-10,12-13,15,18H,2-7,11H2,1H3,(H2,28,35)(H,31,32)(H,29,30,33)/t12-,13-,15-,18+/m0/s1. The molecular weight excluding hydrogens is 475 g/mol. The number of anilines is 3. The van der Waals surface area contributed by atoms with E-state index in [4.69, 9.17) is 15.5 Å². The zero-order valence-electron chi connectivity index (χ0n) is 19.8.